The van der Waals surface area contributed by atoms with E-state index < -0.39 is 0 Å². The van der Waals surface area contributed by atoms with Crippen LogP contribution in [0.25, 0.3) is 0 Å². The van der Waals surface area contributed by atoms with E-state index in [1.807, 2.05) is 6.92 Å². The van der Waals surface area contributed by atoms with E-state index in [9.17, 15) is 0 Å². The van der Waals surface area contributed by atoms with E-state index in [0.717, 1.165) is 43.8 Å². The molecule has 94 valence electrons. The Morgan fingerprint density at radius 3 is 3.06 bits per heavy atom. The molecular formula is C12H20N4O. The fourth-order valence-electron chi connectivity index (χ4n) is 2.85. The molecule has 3 rings (SSSR count). The number of rotatable bonds is 3. The summed E-state index contributed by atoms with van der Waals surface area (Å²) in [5.41, 5.74) is 0. The van der Waals surface area contributed by atoms with Gasteiger partial charge in [-0.2, -0.15) is 4.98 Å². The van der Waals surface area contributed by atoms with Gasteiger partial charge in [-0.15, -0.1) is 0 Å². The standard InChI is InChI=1S/C12H20N4O/c1-2-11-14-12(17-15-11)8-16-6-5-9-3-4-10(7-16)13-9/h9-10,13H,2-8H2,1H3. The van der Waals surface area contributed by atoms with Crippen molar-refractivity contribution in [2.24, 2.45) is 0 Å². The number of hydrogen-bond donors (Lipinski definition) is 1. The van der Waals surface area contributed by atoms with Crippen LogP contribution in [0.15, 0.2) is 4.52 Å². The molecule has 5 heteroatoms. The van der Waals surface area contributed by atoms with E-state index in [1.165, 1.54) is 19.3 Å². The van der Waals surface area contributed by atoms with Crippen LogP contribution in [0.2, 0.25) is 0 Å². The zero-order valence-electron chi connectivity index (χ0n) is 10.4. The molecule has 0 saturated carbocycles. The van der Waals surface area contributed by atoms with E-state index in [4.69, 9.17) is 4.52 Å². The Balaban J connectivity index is 1.61. The first kappa shape index (κ1) is 11.2. The molecule has 2 fully saturated rings. The minimum absolute atomic E-state index is 0.663. The van der Waals surface area contributed by atoms with Crippen molar-refractivity contribution in [3.63, 3.8) is 0 Å². The molecule has 1 aromatic rings. The van der Waals surface area contributed by atoms with E-state index in [-0.39, 0.29) is 0 Å². The number of nitrogens with one attached hydrogen (secondary N) is 1. The molecule has 2 saturated heterocycles. The Morgan fingerprint density at radius 1 is 1.35 bits per heavy atom. The number of aromatic nitrogens is 2. The molecule has 2 bridgehead atoms. The van der Waals surface area contributed by atoms with Crippen LogP contribution in [0.1, 0.15) is 37.9 Å². The highest BCUT2D eigenvalue weighted by Crippen LogP contribution is 2.21. The Kier molecular flexibility index (Phi) is 3.11. The topological polar surface area (TPSA) is 54.2 Å². The first-order valence-corrected chi connectivity index (χ1v) is 6.63. The van der Waals surface area contributed by atoms with Crippen LogP contribution in [0.3, 0.4) is 0 Å². The maximum atomic E-state index is 5.26. The highest BCUT2D eigenvalue weighted by molar-refractivity contribution is 4.92. The molecule has 0 aliphatic carbocycles. The van der Waals surface area contributed by atoms with Crippen LogP contribution in [0.5, 0.6) is 0 Å². The van der Waals surface area contributed by atoms with Gasteiger partial charge in [-0.25, -0.2) is 0 Å². The third kappa shape index (κ3) is 2.50. The molecule has 17 heavy (non-hydrogen) atoms. The van der Waals surface area contributed by atoms with Crippen LogP contribution in [0, 0.1) is 0 Å². The summed E-state index contributed by atoms with van der Waals surface area (Å²) in [4.78, 5) is 6.81. The fraction of sp³-hybridized carbons (Fsp3) is 0.833. The number of likely N-dealkylation sites (tertiary alicyclic amines) is 1. The summed E-state index contributed by atoms with van der Waals surface area (Å²) in [5.74, 6) is 1.58. The van der Waals surface area contributed by atoms with Crippen molar-refractivity contribution in [1.82, 2.24) is 20.4 Å². The summed E-state index contributed by atoms with van der Waals surface area (Å²) in [5, 5.41) is 7.62. The van der Waals surface area contributed by atoms with Gasteiger partial charge in [0.15, 0.2) is 5.82 Å². The van der Waals surface area contributed by atoms with Crippen molar-refractivity contribution in [3.05, 3.63) is 11.7 Å². The maximum absolute atomic E-state index is 5.26. The van der Waals surface area contributed by atoms with Gasteiger partial charge in [-0.05, 0) is 19.3 Å². The van der Waals surface area contributed by atoms with Gasteiger partial charge in [-0.1, -0.05) is 12.1 Å². The van der Waals surface area contributed by atoms with Gasteiger partial charge in [0.2, 0.25) is 5.89 Å². The van der Waals surface area contributed by atoms with Gasteiger partial charge in [0.05, 0.1) is 6.54 Å². The molecule has 2 aliphatic heterocycles. The minimum atomic E-state index is 0.663. The molecule has 1 aromatic heterocycles. The summed E-state index contributed by atoms with van der Waals surface area (Å²) in [6.07, 6.45) is 4.74. The van der Waals surface area contributed by atoms with Gasteiger partial charge in [0, 0.05) is 31.6 Å². The lowest BCUT2D eigenvalue weighted by Crippen LogP contribution is -2.35. The number of hydrogen-bond acceptors (Lipinski definition) is 5. The first-order valence-electron chi connectivity index (χ1n) is 6.63. The summed E-state index contributed by atoms with van der Waals surface area (Å²) < 4.78 is 5.26. The van der Waals surface area contributed by atoms with Crippen LogP contribution in [0.4, 0.5) is 0 Å². The van der Waals surface area contributed by atoms with Gasteiger partial charge in [-0.3, -0.25) is 4.90 Å². The lowest BCUT2D eigenvalue weighted by atomic mass is 10.1. The van der Waals surface area contributed by atoms with E-state index in [0.29, 0.717) is 6.04 Å². The van der Waals surface area contributed by atoms with Crippen LogP contribution >= 0.6 is 0 Å². The number of fused-ring (bicyclic) bond motifs is 2. The summed E-state index contributed by atoms with van der Waals surface area (Å²) >= 11 is 0. The molecule has 0 amide bonds. The molecule has 3 heterocycles. The molecule has 2 aliphatic rings. The number of aryl methyl sites for hydroxylation is 1. The van der Waals surface area contributed by atoms with Gasteiger partial charge in [0.1, 0.15) is 0 Å². The van der Waals surface area contributed by atoms with Gasteiger partial charge >= 0.3 is 0 Å². The quantitative estimate of drug-likeness (QED) is 0.847. The Bertz CT molecular complexity index is 378. The second-order valence-corrected chi connectivity index (χ2v) is 5.12. The summed E-state index contributed by atoms with van der Waals surface area (Å²) in [7, 11) is 0. The largest absolute Gasteiger partial charge is 0.338 e. The van der Waals surface area contributed by atoms with Gasteiger partial charge < -0.3 is 9.84 Å². The molecule has 1 N–H and O–H groups in total. The van der Waals surface area contributed by atoms with Crippen molar-refractivity contribution in [2.75, 3.05) is 13.1 Å². The first-order chi connectivity index (χ1) is 8.33. The maximum Gasteiger partial charge on any atom is 0.240 e. The van der Waals surface area contributed by atoms with Crippen molar-refractivity contribution in [1.29, 1.82) is 0 Å². The smallest absolute Gasteiger partial charge is 0.240 e. The summed E-state index contributed by atoms with van der Waals surface area (Å²) in [6.45, 7) is 5.10. The third-order valence-electron chi connectivity index (χ3n) is 3.79. The highest BCUT2D eigenvalue weighted by Gasteiger charge is 2.29. The Labute approximate surface area is 102 Å². The SMILES string of the molecule is CCc1noc(CN2CCC3CCC(C2)N3)n1. The normalized spacial score (nSPS) is 29.5. The van der Waals surface area contributed by atoms with Crippen LogP contribution in [-0.4, -0.2) is 40.2 Å². The van der Waals surface area contributed by atoms with Crippen molar-refractivity contribution >= 4 is 0 Å². The average Bonchev–Trinajstić information content (AvgIpc) is 2.89. The van der Waals surface area contributed by atoms with Crippen LogP contribution < -0.4 is 5.32 Å². The Hall–Kier alpha value is -0.940. The molecule has 2 atom stereocenters. The van der Waals surface area contributed by atoms with Gasteiger partial charge in [0.25, 0.3) is 0 Å². The number of nitrogens with zero attached hydrogens (tertiary/aromatic N) is 3. The van der Waals surface area contributed by atoms with Crippen LogP contribution in [-0.2, 0) is 13.0 Å². The predicted molar refractivity (Wildman–Crippen MR) is 63.5 cm³/mol. The monoisotopic (exact) mass is 236 g/mol. The molecule has 0 radical (unpaired) electrons. The molecule has 0 aromatic carbocycles. The van der Waals surface area contributed by atoms with E-state index in [1.54, 1.807) is 0 Å². The molecule has 0 spiro atoms. The molecule has 2 unspecified atom stereocenters. The minimum Gasteiger partial charge on any atom is -0.338 e. The second kappa shape index (κ2) is 4.74. The molecular weight excluding hydrogens is 216 g/mol. The highest BCUT2D eigenvalue weighted by atomic mass is 16.5. The third-order valence-corrected chi connectivity index (χ3v) is 3.79. The predicted octanol–water partition coefficient (Wildman–Crippen LogP) is 0.958. The lowest BCUT2D eigenvalue weighted by Gasteiger charge is -2.21. The summed E-state index contributed by atoms with van der Waals surface area (Å²) in [6, 6.07) is 1.40. The van der Waals surface area contributed by atoms with Crippen molar-refractivity contribution in [2.45, 2.75) is 51.2 Å². The van der Waals surface area contributed by atoms with E-state index in [2.05, 4.69) is 20.4 Å². The van der Waals surface area contributed by atoms with E-state index >= 15 is 0 Å². The zero-order valence-corrected chi connectivity index (χ0v) is 10.4. The zero-order chi connectivity index (χ0) is 11.7. The van der Waals surface area contributed by atoms with Crippen molar-refractivity contribution < 1.29 is 4.52 Å². The average molecular weight is 236 g/mol. The lowest BCUT2D eigenvalue weighted by molar-refractivity contribution is 0.216. The second-order valence-electron chi connectivity index (χ2n) is 5.12. The Morgan fingerprint density at radius 2 is 2.24 bits per heavy atom. The fourth-order valence-corrected chi connectivity index (χ4v) is 2.85. The van der Waals surface area contributed by atoms with Crippen molar-refractivity contribution in [3.8, 4) is 0 Å². The molecule has 5 nitrogen and oxygen atoms in total.